The Labute approximate surface area is 103 Å². The smallest absolute Gasteiger partial charge is 0.335 e. The minimum atomic E-state index is -1.16. The lowest BCUT2D eigenvalue weighted by molar-refractivity contribution is 0.0696. The van der Waals surface area contributed by atoms with Crippen LogP contribution in [0.15, 0.2) is 48.5 Å². The summed E-state index contributed by atoms with van der Waals surface area (Å²) in [6.45, 7) is 0.240. The maximum absolute atomic E-state index is 13.5. The molecule has 0 aliphatic carbocycles. The van der Waals surface area contributed by atoms with Gasteiger partial charge in [-0.05, 0) is 23.8 Å². The van der Waals surface area contributed by atoms with E-state index in [2.05, 4.69) is 0 Å². The minimum absolute atomic E-state index is 0.0452. The molecule has 0 unspecified atom stereocenters. The summed E-state index contributed by atoms with van der Waals surface area (Å²) in [7, 11) is 0. The third-order valence-corrected chi connectivity index (χ3v) is 2.42. The Balaban J connectivity index is 2.08. The van der Waals surface area contributed by atoms with Crippen LogP contribution in [0.25, 0.3) is 0 Å². The van der Waals surface area contributed by atoms with Gasteiger partial charge in [-0.25, -0.2) is 9.18 Å². The molecular weight excluding hydrogens is 235 g/mol. The molecule has 2 aromatic carbocycles. The van der Waals surface area contributed by atoms with Crippen LogP contribution in [0.2, 0.25) is 0 Å². The van der Waals surface area contributed by atoms with Crippen molar-refractivity contribution in [1.82, 2.24) is 0 Å². The minimum Gasteiger partial charge on any atom is -0.486 e. The Morgan fingerprint density at radius 3 is 2.50 bits per heavy atom. The highest BCUT2D eigenvalue weighted by Crippen LogP contribution is 2.19. The third kappa shape index (κ3) is 2.85. The summed E-state index contributed by atoms with van der Waals surface area (Å²) in [5.41, 5.74) is 0.818. The lowest BCUT2D eigenvalue weighted by Gasteiger charge is -2.07. The summed E-state index contributed by atoms with van der Waals surface area (Å²) in [5, 5.41) is 8.70. The maximum atomic E-state index is 13.5. The molecule has 1 N–H and O–H groups in total. The predicted octanol–water partition coefficient (Wildman–Crippen LogP) is 3.10. The van der Waals surface area contributed by atoms with Crippen molar-refractivity contribution in [3.05, 3.63) is 65.5 Å². The first-order chi connectivity index (χ1) is 8.66. The number of carboxylic acids is 1. The van der Waals surface area contributed by atoms with E-state index in [4.69, 9.17) is 9.84 Å². The molecule has 0 radical (unpaired) electrons. The first-order valence-corrected chi connectivity index (χ1v) is 5.36. The molecule has 2 aromatic rings. The van der Waals surface area contributed by atoms with Gasteiger partial charge in [-0.15, -0.1) is 0 Å². The van der Waals surface area contributed by atoms with Crippen molar-refractivity contribution in [2.45, 2.75) is 6.61 Å². The van der Waals surface area contributed by atoms with Crippen molar-refractivity contribution in [3.8, 4) is 5.75 Å². The van der Waals surface area contributed by atoms with Gasteiger partial charge in [0.15, 0.2) is 11.6 Å². The zero-order chi connectivity index (χ0) is 13.0. The highest BCUT2D eigenvalue weighted by Gasteiger charge is 2.09. The molecule has 3 nitrogen and oxygen atoms in total. The van der Waals surface area contributed by atoms with Gasteiger partial charge in [0.2, 0.25) is 0 Å². The fourth-order valence-corrected chi connectivity index (χ4v) is 1.49. The number of carbonyl (C=O) groups is 1. The highest BCUT2D eigenvalue weighted by atomic mass is 19.1. The molecule has 4 heteroatoms. The number of hydrogen-bond donors (Lipinski definition) is 1. The van der Waals surface area contributed by atoms with Gasteiger partial charge in [-0.2, -0.15) is 0 Å². The van der Waals surface area contributed by atoms with Gasteiger partial charge in [0, 0.05) is 0 Å². The Morgan fingerprint density at radius 2 is 1.89 bits per heavy atom. The second-order valence-corrected chi connectivity index (χ2v) is 3.72. The van der Waals surface area contributed by atoms with Crippen LogP contribution < -0.4 is 4.74 Å². The van der Waals surface area contributed by atoms with Crippen LogP contribution in [-0.4, -0.2) is 11.1 Å². The largest absolute Gasteiger partial charge is 0.486 e. The van der Waals surface area contributed by atoms with E-state index >= 15 is 0 Å². The molecule has 0 saturated heterocycles. The Bertz CT molecular complexity index is 552. The number of rotatable bonds is 4. The van der Waals surface area contributed by atoms with Crippen LogP contribution in [0.1, 0.15) is 15.9 Å². The van der Waals surface area contributed by atoms with Crippen LogP contribution in [-0.2, 0) is 6.61 Å². The number of ether oxygens (including phenoxy) is 1. The van der Waals surface area contributed by atoms with E-state index in [0.29, 0.717) is 0 Å². The molecular formula is C14H11FO3. The second-order valence-electron chi connectivity index (χ2n) is 3.72. The number of aromatic carboxylic acids is 1. The van der Waals surface area contributed by atoms with Crippen molar-refractivity contribution >= 4 is 5.97 Å². The maximum Gasteiger partial charge on any atom is 0.335 e. The monoisotopic (exact) mass is 246 g/mol. The summed E-state index contributed by atoms with van der Waals surface area (Å²) in [4.78, 5) is 10.6. The van der Waals surface area contributed by atoms with Crippen molar-refractivity contribution in [1.29, 1.82) is 0 Å². The molecule has 0 amide bonds. The SMILES string of the molecule is O=C(O)c1ccc(OCc2ccccc2)c(F)c1. The lowest BCUT2D eigenvalue weighted by atomic mass is 10.2. The standard InChI is InChI=1S/C14H11FO3/c15-12-8-11(14(16)17)6-7-13(12)18-9-10-4-2-1-3-5-10/h1-8H,9H2,(H,16,17). The number of benzene rings is 2. The molecule has 0 aliphatic rings. The van der Waals surface area contributed by atoms with E-state index in [1.54, 1.807) is 0 Å². The Morgan fingerprint density at radius 1 is 1.17 bits per heavy atom. The zero-order valence-electron chi connectivity index (χ0n) is 9.47. The van der Waals surface area contributed by atoms with Crippen molar-refractivity contribution in [3.63, 3.8) is 0 Å². The first-order valence-electron chi connectivity index (χ1n) is 5.36. The summed E-state index contributed by atoms with van der Waals surface area (Å²) in [6.07, 6.45) is 0. The van der Waals surface area contributed by atoms with Crippen molar-refractivity contribution in [2.75, 3.05) is 0 Å². The first kappa shape index (κ1) is 12.1. The zero-order valence-corrected chi connectivity index (χ0v) is 9.47. The number of hydrogen-bond acceptors (Lipinski definition) is 2. The van der Waals surface area contributed by atoms with E-state index in [1.807, 2.05) is 30.3 Å². The molecule has 0 heterocycles. The number of halogens is 1. The van der Waals surface area contributed by atoms with Crippen molar-refractivity contribution < 1.29 is 19.0 Å². The molecule has 0 atom stereocenters. The molecule has 0 aliphatic heterocycles. The van der Waals surface area contributed by atoms with Crippen LogP contribution in [0.3, 0.4) is 0 Å². The number of carboxylic acid groups (broad SMARTS) is 1. The summed E-state index contributed by atoms with van der Waals surface area (Å²) in [6, 6.07) is 12.9. The normalized spacial score (nSPS) is 10.1. The molecule has 0 spiro atoms. The molecule has 92 valence electrons. The molecule has 0 saturated carbocycles. The van der Waals surface area contributed by atoms with Crippen LogP contribution in [0.4, 0.5) is 4.39 Å². The summed E-state index contributed by atoms with van der Waals surface area (Å²) in [5.74, 6) is -1.79. The topological polar surface area (TPSA) is 46.5 Å². The van der Waals surface area contributed by atoms with Gasteiger partial charge in [0.1, 0.15) is 6.61 Å². The van der Waals surface area contributed by atoms with Gasteiger partial charge in [0.05, 0.1) is 5.56 Å². The van der Waals surface area contributed by atoms with Gasteiger partial charge in [-0.1, -0.05) is 30.3 Å². The van der Waals surface area contributed by atoms with E-state index in [9.17, 15) is 9.18 Å². The molecule has 0 bridgehead atoms. The van der Waals surface area contributed by atoms with E-state index in [-0.39, 0.29) is 17.9 Å². The van der Waals surface area contributed by atoms with E-state index in [0.717, 1.165) is 11.6 Å². The second kappa shape index (κ2) is 5.31. The average Bonchev–Trinajstić information content (AvgIpc) is 2.38. The molecule has 0 aromatic heterocycles. The third-order valence-electron chi connectivity index (χ3n) is 2.42. The van der Waals surface area contributed by atoms with E-state index < -0.39 is 11.8 Å². The molecule has 2 rings (SSSR count). The van der Waals surface area contributed by atoms with Gasteiger partial charge < -0.3 is 9.84 Å². The summed E-state index contributed by atoms with van der Waals surface area (Å²) >= 11 is 0. The summed E-state index contributed by atoms with van der Waals surface area (Å²) < 4.78 is 18.8. The lowest BCUT2D eigenvalue weighted by Crippen LogP contribution is -2.00. The highest BCUT2D eigenvalue weighted by molar-refractivity contribution is 5.87. The predicted molar refractivity (Wildman–Crippen MR) is 64.1 cm³/mol. The molecule has 18 heavy (non-hydrogen) atoms. The van der Waals surface area contributed by atoms with Crippen molar-refractivity contribution in [2.24, 2.45) is 0 Å². The van der Waals surface area contributed by atoms with Crippen LogP contribution in [0, 0.1) is 5.82 Å². The Hall–Kier alpha value is -2.36. The van der Waals surface area contributed by atoms with Gasteiger partial charge in [-0.3, -0.25) is 0 Å². The quantitative estimate of drug-likeness (QED) is 0.901. The van der Waals surface area contributed by atoms with E-state index in [1.165, 1.54) is 12.1 Å². The Kier molecular flexibility index (Phi) is 3.57. The fraction of sp³-hybridized carbons (Fsp3) is 0.0714. The fourth-order valence-electron chi connectivity index (χ4n) is 1.49. The van der Waals surface area contributed by atoms with Crippen LogP contribution in [0.5, 0.6) is 5.75 Å². The van der Waals surface area contributed by atoms with Gasteiger partial charge >= 0.3 is 5.97 Å². The van der Waals surface area contributed by atoms with Crippen LogP contribution >= 0.6 is 0 Å². The average molecular weight is 246 g/mol. The molecule has 0 fully saturated rings. The van der Waals surface area contributed by atoms with Gasteiger partial charge in [0.25, 0.3) is 0 Å².